The minimum atomic E-state index is -0.894. The van der Waals surface area contributed by atoms with Crippen LogP contribution in [-0.4, -0.2) is 29.4 Å². The summed E-state index contributed by atoms with van der Waals surface area (Å²) in [4.78, 5) is 13.4. The van der Waals surface area contributed by atoms with E-state index in [0.29, 0.717) is 5.69 Å². The molecule has 1 atom stereocenters. The fraction of sp³-hybridized carbons (Fsp3) is 0.364. The number of aliphatic carboxylic acids is 1. The first kappa shape index (κ1) is 11.3. The minimum Gasteiger partial charge on any atom is -0.480 e. The Morgan fingerprint density at radius 3 is 3.12 bits per heavy atom. The number of rotatable bonds is 2. The summed E-state index contributed by atoms with van der Waals surface area (Å²) in [5, 5.41) is 8.84. The molecule has 1 unspecified atom stereocenters. The molecule has 5 heteroatoms. The lowest BCUT2D eigenvalue weighted by Gasteiger charge is -2.35. The first-order valence-electron chi connectivity index (χ1n) is 4.98. The Labute approximate surface area is 97.3 Å². The highest BCUT2D eigenvalue weighted by Crippen LogP contribution is 2.37. The molecular weight excluding hydrogens is 229 g/mol. The lowest BCUT2D eigenvalue weighted by molar-refractivity contribution is -0.135. The fourth-order valence-corrected chi connectivity index (χ4v) is 2.85. The van der Waals surface area contributed by atoms with Crippen molar-refractivity contribution in [3.8, 4) is 0 Å². The van der Waals surface area contributed by atoms with Gasteiger partial charge in [-0.25, -0.2) is 4.39 Å². The van der Waals surface area contributed by atoms with Crippen molar-refractivity contribution in [2.45, 2.75) is 17.9 Å². The lowest BCUT2D eigenvalue weighted by Crippen LogP contribution is -2.41. The number of anilines is 1. The first-order chi connectivity index (χ1) is 7.58. The average molecular weight is 241 g/mol. The first-order valence-corrected chi connectivity index (χ1v) is 5.97. The standard InChI is InChI=1S/C11H12FNO2S/c1-7-6-16-10-3-2-8(12)4-9(10)13(7)5-11(14)15/h2-4,7H,5-6H2,1H3,(H,14,15). The summed E-state index contributed by atoms with van der Waals surface area (Å²) in [6.45, 7) is 1.86. The molecule has 0 saturated carbocycles. The van der Waals surface area contributed by atoms with E-state index in [9.17, 15) is 9.18 Å². The Morgan fingerprint density at radius 2 is 2.44 bits per heavy atom. The smallest absolute Gasteiger partial charge is 0.323 e. The number of carbonyl (C=O) groups is 1. The van der Waals surface area contributed by atoms with Crippen molar-refractivity contribution in [1.82, 2.24) is 0 Å². The van der Waals surface area contributed by atoms with Gasteiger partial charge in [0.05, 0.1) is 5.69 Å². The molecular formula is C11H12FNO2S. The van der Waals surface area contributed by atoms with Crippen LogP contribution in [0.5, 0.6) is 0 Å². The largest absolute Gasteiger partial charge is 0.480 e. The van der Waals surface area contributed by atoms with Gasteiger partial charge < -0.3 is 10.0 Å². The van der Waals surface area contributed by atoms with Gasteiger partial charge >= 0.3 is 5.97 Å². The fourth-order valence-electron chi connectivity index (χ4n) is 1.76. The van der Waals surface area contributed by atoms with Crippen molar-refractivity contribution in [3.63, 3.8) is 0 Å². The van der Waals surface area contributed by atoms with Gasteiger partial charge in [0.2, 0.25) is 0 Å². The third-order valence-electron chi connectivity index (χ3n) is 2.55. The van der Waals surface area contributed by atoms with Crippen LogP contribution in [0.2, 0.25) is 0 Å². The molecule has 0 aromatic heterocycles. The van der Waals surface area contributed by atoms with E-state index >= 15 is 0 Å². The second-order valence-electron chi connectivity index (χ2n) is 3.79. The van der Waals surface area contributed by atoms with Crippen LogP contribution in [0.4, 0.5) is 10.1 Å². The van der Waals surface area contributed by atoms with Crippen LogP contribution in [0, 0.1) is 5.82 Å². The number of carboxylic acids is 1. The number of hydrogen-bond acceptors (Lipinski definition) is 3. The molecule has 1 aromatic rings. The summed E-state index contributed by atoms with van der Waals surface area (Å²) in [5.41, 5.74) is 0.686. The average Bonchev–Trinajstić information content (AvgIpc) is 2.22. The normalized spacial score (nSPS) is 19.4. The van der Waals surface area contributed by atoms with Gasteiger partial charge in [-0.2, -0.15) is 0 Å². The molecule has 1 aliphatic heterocycles. The number of nitrogens with zero attached hydrogens (tertiary/aromatic N) is 1. The molecule has 0 aliphatic carbocycles. The Bertz CT molecular complexity index is 424. The van der Waals surface area contributed by atoms with Gasteiger partial charge in [0.25, 0.3) is 0 Å². The molecule has 1 N–H and O–H groups in total. The van der Waals surface area contributed by atoms with Crippen LogP contribution < -0.4 is 4.90 Å². The monoisotopic (exact) mass is 241 g/mol. The molecule has 0 saturated heterocycles. The van der Waals surface area contributed by atoms with E-state index in [-0.39, 0.29) is 18.4 Å². The van der Waals surface area contributed by atoms with Crippen molar-refractivity contribution in [2.24, 2.45) is 0 Å². The van der Waals surface area contributed by atoms with Gasteiger partial charge in [0.1, 0.15) is 12.4 Å². The molecule has 1 aliphatic rings. The molecule has 0 amide bonds. The van der Waals surface area contributed by atoms with Crippen molar-refractivity contribution in [2.75, 3.05) is 17.2 Å². The summed E-state index contributed by atoms with van der Waals surface area (Å²) in [6.07, 6.45) is 0. The van der Waals surface area contributed by atoms with Gasteiger partial charge in [-0.15, -0.1) is 11.8 Å². The Balaban J connectivity index is 2.38. The van der Waals surface area contributed by atoms with Crippen LogP contribution >= 0.6 is 11.8 Å². The maximum absolute atomic E-state index is 13.1. The van der Waals surface area contributed by atoms with Gasteiger partial charge in [-0.05, 0) is 25.1 Å². The Kier molecular flexibility index (Phi) is 3.05. The highest BCUT2D eigenvalue weighted by atomic mass is 32.2. The molecule has 0 spiro atoms. The van der Waals surface area contributed by atoms with Gasteiger partial charge in [0, 0.05) is 16.7 Å². The van der Waals surface area contributed by atoms with Crippen LogP contribution in [0.15, 0.2) is 23.1 Å². The zero-order valence-corrected chi connectivity index (χ0v) is 9.63. The van der Waals surface area contributed by atoms with E-state index < -0.39 is 5.97 Å². The molecule has 0 bridgehead atoms. The minimum absolute atomic E-state index is 0.0851. The number of hydrogen-bond donors (Lipinski definition) is 1. The van der Waals surface area contributed by atoms with Gasteiger partial charge in [0.15, 0.2) is 0 Å². The van der Waals surface area contributed by atoms with Gasteiger partial charge in [-0.3, -0.25) is 4.79 Å². The number of carboxylic acid groups (broad SMARTS) is 1. The summed E-state index contributed by atoms with van der Waals surface area (Å²) in [5.74, 6) is -0.399. The zero-order valence-electron chi connectivity index (χ0n) is 8.81. The van der Waals surface area contributed by atoms with E-state index in [2.05, 4.69) is 0 Å². The molecule has 86 valence electrons. The number of thioether (sulfide) groups is 1. The predicted octanol–water partition coefficient (Wildman–Crippen LogP) is 2.21. The maximum Gasteiger partial charge on any atom is 0.323 e. The summed E-state index contributed by atoms with van der Waals surface area (Å²) in [7, 11) is 0. The lowest BCUT2D eigenvalue weighted by atomic mass is 10.2. The SMILES string of the molecule is CC1CSc2ccc(F)cc2N1CC(=O)O. The van der Waals surface area contributed by atoms with Crippen molar-refractivity contribution in [3.05, 3.63) is 24.0 Å². The van der Waals surface area contributed by atoms with E-state index in [0.717, 1.165) is 10.6 Å². The van der Waals surface area contributed by atoms with E-state index in [4.69, 9.17) is 5.11 Å². The van der Waals surface area contributed by atoms with E-state index in [1.807, 2.05) is 6.92 Å². The summed E-state index contributed by atoms with van der Waals surface area (Å²) in [6, 6.07) is 4.62. The van der Waals surface area contributed by atoms with Crippen LogP contribution in [0.1, 0.15) is 6.92 Å². The zero-order chi connectivity index (χ0) is 11.7. The quantitative estimate of drug-likeness (QED) is 0.861. The molecule has 0 fully saturated rings. The highest BCUT2D eigenvalue weighted by molar-refractivity contribution is 7.99. The van der Waals surface area contributed by atoms with Gasteiger partial charge in [-0.1, -0.05) is 0 Å². The van der Waals surface area contributed by atoms with E-state index in [1.54, 1.807) is 22.7 Å². The topological polar surface area (TPSA) is 40.5 Å². The second kappa shape index (κ2) is 4.33. The Morgan fingerprint density at radius 1 is 1.69 bits per heavy atom. The summed E-state index contributed by atoms with van der Waals surface area (Å²) < 4.78 is 13.1. The Hall–Kier alpha value is -1.23. The van der Waals surface area contributed by atoms with E-state index in [1.165, 1.54) is 12.1 Å². The van der Waals surface area contributed by atoms with Crippen molar-refractivity contribution < 1.29 is 14.3 Å². The molecule has 2 rings (SSSR count). The third-order valence-corrected chi connectivity index (χ3v) is 3.85. The number of halogens is 1. The van der Waals surface area contributed by atoms with Crippen molar-refractivity contribution in [1.29, 1.82) is 0 Å². The van der Waals surface area contributed by atoms with Crippen molar-refractivity contribution >= 4 is 23.4 Å². The molecule has 16 heavy (non-hydrogen) atoms. The maximum atomic E-state index is 13.1. The second-order valence-corrected chi connectivity index (χ2v) is 4.86. The molecule has 0 radical (unpaired) electrons. The van der Waals surface area contributed by atoms with Crippen LogP contribution in [0.3, 0.4) is 0 Å². The summed E-state index contributed by atoms with van der Waals surface area (Å²) >= 11 is 1.64. The highest BCUT2D eigenvalue weighted by Gasteiger charge is 2.25. The third kappa shape index (κ3) is 2.14. The number of benzene rings is 1. The molecule has 3 nitrogen and oxygen atoms in total. The number of fused-ring (bicyclic) bond motifs is 1. The molecule has 1 aromatic carbocycles. The van der Waals surface area contributed by atoms with Crippen LogP contribution in [0.25, 0.3) is 0 Å². The predicted molar refractivity (Wildman–Crippen MR) is 61.6 cm³/mol. The molecule has 1 heterocycles. The van der Waals surface area contributed by atoms with Crippen LogP contribution in [-0.2, 0) is 4.79 Å².